The minimum atomic E-state index is 0.268. The number of fused-ring (bicyclic) bond motifs is 5. The number of carbonyl (C=O) groups excluding carboxylic acids is 1. The lowest BCUT2D eigenvalue weighted by molar-refractivity contribution is -0.121. The molecule has 3 aliphatic carbocycles. The largest absolute Gasteiger partial charge is 0.356 e. The fourth-order valence-electron chi connectivity index (χ4n) is 7.69. The number of aromatic nitrogens is 1. The van der Waals surface area contributed by atoms with Crippen molar-refractivity contribution in [3.63, 3.8) is 0 Å². The zero-order chi connectivity index (χ0) is 19.5. The maximum atomic E-state index is 12.1. The summed E-state index contributed by atoms with van der Waals surface area (Å²) in [4.78, 5) is 16.5. The lowest BCUT2D eigenvalue weighted by atomic mass is 9.46. The average molecular weight is 379 g/mol. The molecule has 1 saturated heterocycles. The van der Waals surface area contributed by atoms with E-state index >= 15 is 0 Å². The first-order valence-corrected chi connectivity index (χ1v) is 11.3. The zero-order valence-corrected chi connectivity index (χ0v) is 17.6. The van der Waals surface area contributed by atoms with Gasteiger partial charge >= 0.3 is 0 Å². The third-order valence-electron chi connectivity index (χ3n) is 9.27. The summed E-state index contributed by atoms with van der Waals surface area (Å²) in [6, 6.07) is 2.32. The molecule has 0 unspecified atom stereocenters. The number of hydrogen-bond donors (Lipinski definition) is 1. The molecule has 2 saturated carbocycles. The molecule has 3 nitrogen and oxygen atoms in total. The second kappa shape index (κ2) is 6.43. The summed E-state index contributed by atoms with van der Waals surface area (Å²) in [6.07, 6.45) is 14.8. The molecule has 1 N–H and O–H groups in total. The van der Waals surface area contributed by atoms with Crippen molar-refractivity contribution in [2.24, 2.45) is 34.5 Å². The minimum absolute atomic E-state index is 0.268. The van der Waals surface area contributed by atoms with Gasteiger partial charge in [-0.15, -0.1) is 0 Å². The first-order valence-electron chi connectivity index (χ1n) is 11.3. The summed E-state index contributed by atoms with van der Waals surface area (Å²) in [7, 11) is 0. The Hall–Kier alpha value is -1.64. The Morgan fingerprint density at radius 3 is 2.79 bits per heavy atom. The van der Waals surface area contributed by atoms with Crippen LogP contribution in [0.3, 0.4) is 0 Å². The average Bonchev–Trinajstić information content (AvgIpc) is 2.95. The number of pyridine rings is 1. The van der Waals surface area contributed by atoms with Gasteiger partial charge in [0, 0.05) is 25.4 Å². The molecule has 3 fully saturated rings. The molecule has 5 rings (SSSR count). The van der Waals surface area contributed by atoms with E-state index in [1.54, 1.807) is 5.57 Å². The number of nitrogens with zero attached hydrogens (tertiary/aromatic N) is 1. The SMILES string of the molecule is Cc1cncc(C2=CC[C@H]3[C@@H]4CC[C@H]5CNC(=O)CC[C@]5(C)[C@H]4CC[C@]23C)c1. The fourth-order valence-corrected chi connectivity index (χ4v) is 7.69. The molecule has 28 heavy (non-hydrogen) atoms. The number of amides is 1. The van der Waals surface area contributed by atoms with Crippen LogP contribution in [0, 0.1) is 41.4 Å². The second-order valence-electron chi connectivity index (χ2n) is 10.5. The molecule has 0 bridgehead atoms. The predicted molar refractivity (Wildman–Crippen MR) is 112 cm³/mol. The quantitative estimate of drug-likeness (QED) is 0.734. The lowest BCUT2D eigenvalue weighted by Gasteiger charge is -2.58. The Morgan fingerprint density at radius 1 is 1.11 bits per heavy atom. The van der Waals surface area contributed by atoms with Crippen molar-refractivity contribution in [3.8, 4) is 0 Å². The molecular formula is C25H34N2O. The van der Waals surface area contributed by atoms with E-state index < -0.39 is 0 Å². The topological polar surface area (TPSA) is 42.0 Å². The van der Waals surface area contributed by atoms with Crippen molar-refractivity contribution < 1.29 is 4.79 Å². The van der Waals surface area contributed by atoms with Crippen molar-refractivity contribution in [3.05, 3.63) is 35.7 Å². The van der Waals surface area contributed by atoms with Crippen molar-refractivity contribution in [2.45, 2.75) is 65.7 Å². The van der Waals surface area contributed by atoms with Gasteiger partial charge < -0.3 is 5.32 Å². The maximum absolute atomic E-state index is 12.1. The highest BCUT2D eigenvalue weighted by atomic mass is 16.1. The van der Waals surface area contributed by atoms with Crippen LogP contribution in [0.15, 0.2) is 24.5 Å². The molecule has 0 aromatic carbocycles. The molecule has 3 heteroatoms. The summed E-state index contributed by atoms with van der Waals surface area (Å²) < 4.78 is 0. The third-order valence-corrected chi connectivity index (χ3v) is 9.27. The minimum Gasteiger partial charge on any atom is -0.356 e. The number of nitrogens with one attached hydrogen (secondary N) is 1. The predicted octanol–water partition coefficient (Wildman–Crippen LogP) is 5.15. The molecule has 150 valence electrons. The molecule has 1 aliphatic heterocycles. The summed E-state index contributed by atoms with van der Waals surface area (Å²) in [5.74, 6) is 3.27. The Bertz CT molecular complexity index is 830. The summed E-state index contributed by atoms with van der Waals surface area (Å²) in [6.45, 7) is 8.10. The van der Waals surface area contributed by atoms with E-state index in [2.05, 4.69) is 49.4 Å². The van der Waals surface area contributed by atoms with Gasteiger partial charge in [0.15, 0.2) is 0 Å². The van der Waals surface area contributed by atoms with Crippen LogP contribution in [0.5, 0.6) is 0 Å². The number of carbonyl (C=O) groups is 1. The number of allylic oxidation sites excluding steroid dienone is 2. The van der Waals surface area contributed by atoms with E-state index in [1.807, 2.05) is 6.20 Å². The Balaban J connectivity index is 1.45. The van der Waals surface area contributed by atoms with Gasteiger partial charge in [0.25, 0.3) is 0 Å². The normalized spacial score (nSPS) is 42.5. The third kappa shape index (κ3) is 2.61. The Kier molecular flexibility index (Phi) is 4.23. The fraction of sp³-hybridized carbons (Fsp3) is 0.680. The van der Waals surface area contributed by atoms with Gasteiger partial charge in [-0.2, -0.15) is 0 Å². The highest BCUT2D eigenvalue weighted by molar-refractivity contribution is 5.76. The van der Waals surface area contributed by atoms with Crippen LogP contribution in [0.4, 0.5) is 0 Å². The first kappa shape index (κ1) is 18.4. The highest BCUT2D eigenvalue weighted by Crippen LogP contribution is 2.66. The van der Waals surface area contributed by atoms with E-state index in [0.717, 1.165) is 37.1 Å². The standard InChI is InChI=1S/C25H34N2O/c1-16-12-17(14-26-13-16)20-6-7-21-19-5-4-18-15-27-23(28)9-11-24(18,2)22(19)8-10-25(20,21)3/h6,12-14,18-19,21-22H,4-5,7-11,15H2,1-3H3,(H,27,28)/t18-,19-,21-,22-,24-,25+/m0/s1. The molecule has 0 spiro atoms. The van der Waals surface area contributed by atoms with Gasteiger partial charge in [-0.1, -0.05) is 19.9 Å². The van der Waals surface area contributed by atoms with Gasteiger partial charge in [-0.3, -0.25) is 9.78 Å². The number of rotatable bonds is 1. The molecule has 2 heterocycles. The Morgan fingerprint density at radius 2 is 1.96 bits per heavy atom. The number of hydrogen-bond acceptors (Lipinski definition) is 2. The van der Waals surface area contributed by atoms with Crippen LogP contribution in [0.2, 0.25) is 0 Å². The number of aryl methyl sites for hydroxylation is 1. The van der Waals surface area contributed by atoms with Crippen LogP contribution in [-0.4, -0.2) is 17.4 Å². The van der Waals surface area contributed by atoms with Crippen molar-refractivity contribution in [1.82, 2.24) is 10.3 Å². The van der Waals surface area contributed by atoms with Crippen molar-refractivity contribution in [2.75, 3.05) is 6.54 Å². The molecule has 1 aromatic heterocycles. The first-order chi connectivity index (χ1) is 13.4. The summed E-state index contributed by atoms with van der Waals surface area (Å²) in [5, 5.41) is 3.20. The van der Waals surface area contributed by atoms with Crippen molar-refractivity contribution >= 4 is 11.5 Å². The molecule has 6 atom stereocenters. The van der Waals surface area contributed by atoms with Crippen LogP contribution in [-0.2, 0) is 4.79 Å². The zero-order valence-electron chi connectivity index (χ0n) is 17.6. The summed E-state index contributed by atoms with van der Waals surface area (Å²) in [5.41, 5.74) is 4.77. The molecular weight excluding hydrogens is 344 g/mol. The van der Waals surface area contributed by atoms with Crippen LogP contribution >= 0.6 is 0 Å². The van der Waals surface area contributed by atoms with E-state index in [0.29, 0.717) is 16.7 Å². The van der Waals surface area contributed by atoms with E-state index in [9.17, 15) is 4.79 Å². The highest BCUT2D eigenvalue weighted by Gasteiger charge is 2.58. The maximum Gasteiger partial charge on any atom is 0.220 e. The molecule has 4 aliphatic rings. The molecule has 1 aromatic rings. The van der Waals surface area contributed by atoms with Crippen LogP contribution < -0.4 is 5.32 Å². The van der Waals surface area contributed by atoms with E-state index in [-0.39, 0.29) is 5.91 Å². The van der Waals surface area contributed by atoms with Crippen LogP contribution in [0.1, 0.15) is 69.9 Å². The van der Waals surface area contributed by atoms with Crippen LogP contribution in [0.25, 0.3) is 5.57 Å². The van der Waals surface area contributed by atoms with Gasteiger partial charge in [-0.25, -0.2) is 0 Å². The van der Waals surface area contributed by atoms with E-state index in [1.165, 1.54) is 43.2 Å². The van der Waals surface area contributed by atoms with Gasteiger partial charge in [0.05, 0.1) is 0 Å². The van der Waals surface area contributed by atoms with E-state index in [4.69, 9.17) is 0 Å². The monoisotopic (exact) mass is 378 g/mol. The Labute approximate surface area is 169 Å². The van der Waals surface area contributed by atoms with Crippen molar-refractivity contribution in [1.29, 1.82) is 0 Å². The molecule has 0 radical (unpaired) electrons. The lowest BCUT2D eigenvalue weighted by Crippen LogP contribution is -2.52. The van der Waals surface area contributed by atoms with Gasteiger partial charge in [-0.05, 0) is 103 Å². The molecule has 1 amide bonds. The van der Waals surface area contributed by atoms with Gasteiger partial charge in [0.2, 0.25) is 5.91 Å². The summed E-state index contributed by atoms with van der Waals surface area (Å²) >= 11 is 0. The second-order valence-corrected chi connectivity index (χ2v) is 10.5. The smallest absolute Gasteiger partial charge is 0.220 e. The van der Waals surface area contributed by atoms with Gasteiger partial charge in [0.1, 0.15) is 0 Å².